The van der Waals surface area contributed by atoms with E-state index in [1.165, 1.54) is 11.3 Å². The molecule has 0 radical (unpaired) electrons. The van der Waals surface area contributed by atoms with E-state index in [9.17, 15) is 14.4 Å². The molecule has 1 saturated carbocycles. The lowest BCUT2D eigenvalue weighted by molar-refractivity contribution is -0.145. The molecule has 3 atom stereocenters. The first-order valence-electron chi connectivity index (χ1n) is 16.3. The molecule has 0 aromatic heterocycles. The Morgan fingerprint density at radius 1 is 0.978 bits per heavy atom. The summed E-state index contributed by atoms with van der Waals surface area (Å²) >= 11 is 6.24. The average molecular weight is 638 g/mol. The number of fused-ring (bicyclic) bond motifs is 2. The molecule has 10 heteroatoms. The number of carbonyl (C=O) groups is 3. The molecule has 2 bridgehead atoms. The maximum absolute atomic E-state index is 14.4. The maximum Gasteiger partial charge on any atom is 0.254 e. The molecule has 3 amide bonds. The molecule has 242 valence electrons. The van der Waals surface area contributed by atoms with Crippen molar-refractivity contribution < 1.29 is 28.6 Å². The average Bonchev–Trinajstić information content (AvgIpc) is 3.04. The van der Waals surface area contributed by atoms with Crippen LogP contribution in [0, 0.1) is 6.92 Å². The molecular weight excluding hydrogens is 594 g/mol. The lowest BCUT2D eigenvalue weighted by Crippen LogP contribution is -2.59. The first-order chi connectivity index (χ1) is 21.9. The van der Waals surface area contributed by atoms with Gasteiger partial charge in [0.25, 0.3) is 11.8 Å². The van der Waals surface area contributed by atoms with E-state index in [1.807, 2.05) is 57.2 Å². The van der Waals surface area contributed by atoms with E-state index in [-0.39, 0.29) is 37.6 Å². The number of aryl methyl sites for hydroxylation is 1. The molecule has 0 spiro atoms. The van der Waals surface area contributed by atoms with Crippen LogP contribution < -0.4 is 20.1 Å². The molecule has 45 heavy (non-hydrogen) atoms. The zero-order chi connectivity index (χ0) is 31.9. The third-order valence-electron chi connectivity index (χ3n) is 8.66. The molecule has 6 rings (SSSR count). The molecule has 2 aromatic rings. The Balaban J connectivity index is 0.00000196. The highest BCUT2D eigenvalue weighted by molar-refractivity contribution is 6.31. The first-order valence-corrected chi connectivity index (χ1v) is 16.7. The van der Waals surface area contributed by atoms with Gasteiger partial charge in [0.05, 0.1) is 24.8 Å². The fourth-order valence-corrected chi connectivity index (χ4v) is 6.86. The number of hydrogen-bond donors (Lipinski definition) is 2. The Bertz CT molecular complexity index is 1400. The molecule has 2 aliphatic carbocycles. The molecule has 0 saturated heterocycles. The first kappa shape index (κ1) is 32.8. The van der Waals surface area contributed by atoms with Crippen molar-refractivity contribution in [3.8, 4) is 11.5 Å². The van der Waals surface area contributed by atoms with Gasteiger partial charge in [-0.05, 0) is 74.9 Å². The largest absolute Gasteiger partial charge is 0.486 e. The number of halogens is 1. The van der Waals surface area contributed by atoms with Crippen LogP contribution in [0.2, 0.25) is 5.02 Å². The highest BCUT2D eigenvalue weighted by Gasteiger charge is 2.42. The zero-order valence-corrected chi connectivity index (χ0v) is 27.2. The van der Waals surface area contributed by atoms with Gasteiger partial charge >= 0.3 is 0 Å². The Kier molecular flexibility index (Phi) is 11.0. The standard InChI is InChI=1S/C33H38ClN3O6.C2H6/c1-20-14-21(34)16-23(15-20)36-32(39)30-25-10-7-13-29(30)42-19-26(31(38)35-22-8-3-2-4-9-22)37(33(25)40)17-24-18-41-27-11-5-6-12-28(27)43-24;1-2/h5-6,11-12,14-16,22,24,26,29H,2-4,7-10,13,17-19H2,1H3,(H,35,38)(H,36,39);1-2H3. The van der Waals surface area contributed by atoms with Crippen molar-refractivity contribution in [2.45, 2.75) is 96.4 Å². The van der Waals surface area contributed by atoms with Crippen LogP contribution in [0.1, 0.15) is 70.8 Å². The SMILES string of the molecule is CC.Cc1cc(Cl)cc(NC(=O)C2=C3CCCC2OCC(C(=O)NC2CCCCC2)N(CC2COc4ccccc4O2)C3=O)c1. The summed E-state index contributed by atoms with van der Waals surface area (Å²) in [6.45, 7) is 6.20. The number of ether oxygens (including phenoxy) is 3. The van der Waals surface area contributed by atoms with Gasteiger partial charge in [-0.3, -0.25) is 14.4 Å². The number of anilines is 1. The summed E-state index contributed by atoms with van der Waals surface area (Å²) in [4.78, 5) is 43.5. The number of carbonyl (C=O) groups excluding carboxylic acids is 3. The summed E-state index contributed by atoms with van der Waals surface area (Å²) in [5.74, 6) is 0.253. The fourth-order valence-electron chi connectivity index (χ4n) is 6.57. The summed E-state index contributed by atoms with van der Waals surface area (Å²) in [6, 6.07) is 11.9. The van der Waals surface area contributed by atoms with Gasteiger partial charge in [0.15, 0.2) is 17.6 Å². The Morgan fingerprint density at radius 2 is 1.73 bits per heavy atom. The maximum atomic E-state index is 14.4. The molecule has 3 unspecified atom stereocenters. The van der Waals surface area contributed by atoms with E-state index >= 15 is 0 Å². The van der Waals surface area contributed by atoms with Gasteiger partial charge in [0, 0.05) is 22.3 Å². The van der Waals surface area contributed by atoms with Crippen LogP contribution in [-0.4, -0.2) is 66.7 Å². The summed E-state index contributed by atoms with van der Waals surface area (Å²) < 4.78 is 18.5. The Hall–Kier alpha value is -3.56. The van der Waals surface area contributed by atoms with E-state index in [4.69, 9.17) is 25.8 Å². The van der Waals surface area contributed by atoms with Gasteiger partial charge in [0.2, 0.25) is 5.91 Å². The van der Waals surface area contributed by atoms with Crippen molar-refractivity contribution in [2.75, 3.05) is 25.1 Å². The van der Waals surface area contributed by atoms with Crippen LogP contribution in [0.25, 0.3) is 0 Å². The smallest absolute Gasteiger partial charge is 0.254 e. The summed E-state index contributed by atoms with van der Waals surface area (Å²) in [5.41, 5.74) is 2.14. The summed E-state index contributed by atoms with van der Waals surface area (Å²) in [7, 11) is 0. The predicted molar refractivity (Wildman–Crippen MR) is 174 cm³/mol. The molecule has 9 nitrogen and oxygen atoms in total. The molecular formula is C35H44ClN3O6. The van der Waals surface area contributed by atoms with Crippen molar-refractivity contribution >= 4 is 35.0 Å². The predicted octanol–water partition coefficient (Wildman–Crippen LogP) is 5.98. The van der Waals surface area contributed by atoms with Crippen molar-refractivity contribution in [3.63, 3.8) is 0 Å². The van der Waals surface area contributed by atoms with Crippen LogP contribution in [0.5, 0.6) is 11.5 Å². The van der Waals surface area contributed by atoms with Crippen molar-refractivity contribution in [3.05, 3.63) is 64.2 Å². The highest BCUT2D eigenvalue weighted by Crippen LogP contribution is 2.35. The molecule has 1 fully saturated rings. The topological polar surface area (TPSA) is 106 Å². The van der Waals surface area contributed by atoms with E-state index in [2.05, 4.69) is 10.6 Å². The van der Waals surface area contributed by atoms with Gasteiger partial charge in [-0.2, -0.15) is 0 Å². The number of rotatable bonds is 6. The van der Waals surface area contributed by atoms with E-state index in [0.717, 1.165) is 31.2 Å². The van der Waals surface area contributed by atoms with Crippen LogP contribution in [0.3, 0.4) is 0 Å². The monoisotopic (exact) mass is 637 g/mol. The normalized spacial score (nSPS) is 23.2. The minimum absolute atomic E-state index is 0.0283. The van der Waals surface area contributed by atoms with Crippen LogP contribution in [0.4, 0.5) is 5.69 Å². The number of nitrogens with zero attached hydrogens (tertiary/aromatic N) is 1. The van der Waals surface area contributed by atoms with Gasteiger partial charge < -0.3 is 29.7 Å². The van der Waals surface area contributed by atoms with E-state index in [1.54, 1.807) is 6.07 Å². The van der Waals surface area contributed by atoms with Gasteiger partial charge in [-0.25, -0.2) is 0 Å². The lowest BCUT2D eigenvalue weighted by Gasteiger charge is -2.40. The molecule has 2 aliphatic heterocycles. The molecule has 2 N–H and O–H groups in total. The summed E-state index contributed by atoms with van der Waals surface area (Å²) in [5, 5.41) is 6.63. The van der Waals surface area contributed by atoms with Gasteiger partial charge in [-0.15, -0.1) is 0 Å². The van der Waals surface area contributed by atoms with Crippen molar-refractivity contribution in [1.29, 1.82) is 0 Å². The van der Waals surface area contributed by atoms with Gasteiger partial charge in [0.1, 0.15) is 12.6 Å². The lowest BCUT2D eigenvalue weighted by atomic mass is 9.86. The van der Waals surface area contributed by atoms with E-state index < -0.39 is 24.2 Å². The highest BCUT2D eigenvalue weighted by atomic mass is 35.5. The number of hydrogen-bond acceptors (Lipinski definition) is 6. The third-order valence-corrected chi connectivity index (χ3v) is 8.88. The fraction of sp³-hybridized carbons (Fsp3) is 0.514. The zero-order valence-electron chi connectivity index (χ0n) is 26.4. The minimum Gasteiger partial charge on any atom is -0.486 e. The second-order valence-corrected chi connectivity index (χ2v) is 12.3. The Morgan fingerprint density at radius 3 is 2.49 bits per heavy atom. The van der Waals surface area contributed by atoms with Crippen molar-refractivity contribution in [1.82, 2.24) is 10.2 Å². The van der Waals surface area contributed by atoms with Crippen LogP contribution >= 0.6 is 11.6 Å². The number of benzene rings is 2. The molecule has 2 heterocycles. The second-order valence-electron chi connectivity index (χ2n) is 11.9. The molecule has 4 aliphatic rings. The third kappa shape index (κ3) is 7.82. The van der Waals surface area contributed by atoms with Crippen molar-refractivity contribution in [2.24, 2.45) is 0 Å². The minimum atomic E-state index is -0.869. The van der Waals surface area contributed by atoms with Crippen LogP contribution in [-0.2, 0) is 19.1 Å². The summed E-state index contributed by atoms with van der Waals surface area (Å²) in [6.07, 6.45) is 5.74. The van der Waals surface area contributed by atoms with Gasteiger partial charge in [-0.1, -0.05) is 56.8 Å². The number of amides is 3. The van der Waals surface area contributed by atoms with Crippen LogP contribution in [0.15, 0.2) is 53.6 Å². The number of para-hydroxylation sites is 2. The second kappa shape index (κ2) is 15.1. The molecule has 2 aromatic carbocycles. The number of nitrogens with one attached hydrogen (secondary N) is 2. The van der Waals surface area contributed by atoms with E-state index in [0.29, 0.717) is 52.6 Å². The Labute approximate surface area is 270 Å². The quantitative estimate of drug-likeness (QED) is 0.404.